The Kier molecular flexibility index (Phi) is 5.01. The van der Waals surface area contributed by atoms with Crippen LogP contribution in [0.1, 0.15) is 49.3 Å². The standard InChI is InChI=1S/C19H21F3N6O/c1-2-13-11-16(19(20,21)22)28-17(24-13)12-14(25-28)15-5-3-9-27(15)18(29)6-10-26-8-4-7-23-26/h4,7-8,11-12,15H,2-3,5-6,9-10H2,1H3/t15-/m1/s1. The third kappa shape index (κ3) is 3.83. The SMILES string of the molecule is CCc1cc(C(F)(F)F)n2nc([C@H]3CCCN3C(=O)CCn3cccn3)cc2n1. The van der Waals surface area contributed by atoms with Gasteiger partial charge in [0, 0.05) is 43.7 Å². The number of nitrogens with zero attached hydrogens (tertiary/aromatic N) is 6. The topological polar surface area (TPSA) is 68.3 Å². The van der Waals surface area contributed by atoms with Crippen molar-refractivity contribution in [3.63, 3.8) is 0 Å². The van der Waals surface area contributed by atoms with Crippen molar-refractivity contribution < 1.29 is 18.0 Å². The van der Waals surface area contributed by atoms with Gasteiger partial charge in [-0.15, -0.1) is 0 Å². The number of halogens is 3. The van der Waals surface area contributed by atoms with Gasteiger partial charge in [0.25, 0.3) is 0 Å². The van der Waals surface area contributed by atoms with Crippen LogP contribution in [-0.2, 0) is 23.9 Å². The number of carbonyl (C=O) groups excluding carboxylic acids is 1. The normalized spacial score (nSPS) is 17.4. The summed E-state index contributed by atoms with van der Waals surface area (Å²) >= 11 is 0. The minimum absolute atomic E-state index is 0.0571. The van der Waals surface area contributed by atoms with Gasteiger partial charge in [0.05, 0.1) is 11.7 Å². The van der Waals surface area contributed by atoms with Crippen LogP contribution in [0.3, 0.4) is 0 Å². The molecule has 0 N–H and O–H groups in total. The molecule has 3 aromatic heterocycles. The molecule has 0 aliphatic carbocycles. The van der Waals surface area contributed by atoms with Crippen LogP contribution >= 0.6 is 0 Å². The molecule has 0 spiro atoms. The maximum absolute atomic E-state index is 13.5. The highest BCUT2D eigenvalue weighted by atomic mass is 19.4. The van der Waals surface area contributed by atoms with Crippen molar-refractivity contribution >= 4 is 11.6 Å². The van der Waals surface area contributed by atoms with Crippen molar-refractivity contribution in [1.29, 1.82) is 0 Å². The Bertz CT molecular complexity index is 1010. The lowest BCUT2D eigenvalue weighted by molar-refractivity contribution is -0.142. The summed E-state index contributed by atoms with van der Waals surface area (Å²) in [5.74, 6) is -0.0571. The van der Waals surface area contributed by atoms with Crippen LogP contribution in [-0.4, -0.2) is 41.7 Å². The monoisotopic (exact) mass is 406 g/mol. The number of alkyl halides is 3. The third-order valence-electron chi connectivity index (χ3n) is 5.18. The lowest BCUT2D eigenvalue weighted by Gasteiger charge is -2.23. The van der Waals surface area contributed by atoms with Gasteiger partial charge in [-0.25, -0.2) is 9.50 Å². The van der Waals surface area contributed by atoms with E-state index in [4.69, 9.17) is 0 Å². The van der Waals surface area contributed by atoms with Gasteiger partial charge in [0.1, 0.15) is 5.69 Å². The van der Waals surface area contributed by atoms with E-state index in [0.29, 0.717) is 37.3 Å². The molecule has 1 fully saturated rings. The van der Waals surface area contributed by atoms with Gasteiger partial charge in [-0.2, -0.15) is 23.4 Å². The second-order valence-electron chi connectivity index (χ2n) is 7.09. The number of amides is 1. The van der Waals surface area contributed by atoms with E-state index in [1.54, 1.807) is 41.0 Å². The number of rotatable bonds is 5. The largest absolute Gasteiger partial charge is 0.433 e. The highest BCUT2D eigenvalue weighted by molar-refractivity contribution is 5.77. The van der Waals surface area contributed by atoms with Crippen LogP contribution < -0.4 is 0 Å². The summed E-state index contributed by atoms with van der Waals surface area (Å²) in [7, 11) is 0. The fourth-order valence-electron chi connectivity index (χ4n) is 3.75. The number of carbonyl (C=O) groups is 1. The van der Waals surface area contributed by atoms with Crippen molar-refractivity contribution in [3.05, 3.63) is 47.7 Å². The van der Waals surface area contributed by atoms with E-state index in [9.17, 15) is 18.0 Å². The predicted octanol–water partition coefficient (Wildman–Crippen LogP) is 3.26. The van der Waals surface area contributed by atoms with Crippen LogP contribution in [0, 0.1) is 0 Å². The van der Waals surface area contributed by atoms with Gasteiger partial charge in [-0.1, -0.05) is 6.92 Å². The number of hydrogen-bond donors (Lipinski definition) is 0. The zero-order valence-corrected chi connectivity index (χ0v) is 15.9. The molecule has 0 aromatic carbocycles. The Morgan fingerprint density at radius 2 is 2.14 bits per heavy atom. The molecule has 4 heterocycles. The molecule has 3 aromatic rings. The van der Waals surface area contributed by atoms with Crippen molar-refractivity contribution in [1.82, 2.24) is 29.3 Å². The summed E-state index contributed by atoms with van der Waals surface area (Å²) in [6.45, 7) is 2.78. The first-order chi connectivity index (χ1) is 13.9. The van der Waals surface area contributed by atoms with Crippen molar-refractivity contribution in [2.24, 2.45) is 0 Å². The first-order valence-corrected chi connectivity index (χ1v) is 9.60. The van der Waals surface area contributed by atoms with E-state index in [1.807, 2.05) is 0 Å². The molecular weight excluding hydrogens is 385 g/mol. The van der Waals surface area contributed by atoms with Crippen LogP contribution in [0.2, 0.25) is 0 Å². The van der Waals surface area contributed by atoms with E-state index in [1.165, 1.54) is 0 Å². The first kappa shape index (κ1) is 19.4. The molecule has 7 nitrogen and oxygen atoms in total. The van der Waals surface area contributed by atoms with Crippen LogP contribution in [0.15, 0.2) is 30.6 Å². The molecule has 0 saturated carbocycles. The summed E-state index contributed by atoms with van der Waals surface area (Å²) in [5, 5.41) is 8.29. The summed E-state index contributed by atoms with van der Waals surface area (Å²) in [4.78, 5) is 18.7. The third-order valence-corrected chi connectivity index (χ3v) is 5.18. The molecule has 1 aliphatic heterocycles. The van der Waals surface area contributed by atoms with Crippen molar-refractivity contribution in [2.75, 3.05) is 6.54 Å². The van der Waals surface area contributed by atoms with Crippen molar-refractivity contribution in [3.8, 4) is 0 Å². The summed E-state index contributed by atoms with van der Waals surface area (Å²) < 4.78 is 43.0. The average Bonchev–Trinajstić information content (AvgIpc) is 3.43. The molecule has 1 atom stereocenters. The fourth-order valence-corrected chi connectivity index (χ4v) is 3.75. The van der Waals surface area contributed by atoms with Gasteiger partial charge >= 0.3 is 6.18 Å². The highest BCUT2D eigenvalue weighted by Crippen LogP contribution is 2.34. The Morgan fingerprint density at radius 1 is 1.31 bits per heavy atom. The molecular formula is C19H21F3N6O. The molecule has 1 saturated heterocycles. The molecule has 0 bridgehead atoms. The Hall–Kier alpha value is -2.91. The summed E-state index contributed by atoms with van der Waals surface area (Å²) in [6, 6.07) is 4.05. The second kappa shape index (κ2) is 7.49. The number of hydrogen-bond acceptors (Lipinski definition) is 4. The lowest BCUT2D eigenvalue weighted by Crippen LogP contribution is -2.31. The van der Waals surface area contributed by atoms with Crippen molar-refractivity contribution in [2.45, 2.75) is 51.4 Å². The molecule has 1 amide bonds. The molecule has 0 radical (unpaired) electrons. The zero-order chi connectivity index (χ0) is 20.6. The van der Waals surface area contributed by atoms with E-state index < -0.39 is 11.9 Å². The maximum Gasteiger partial charge on any atom is 0.433 e. The van der Waals surface area contributed by atoms with E-state index >= 15 is 0 Å². The molecule has 4 rings (SSSR count). The van der Waals surface area contributed by atoms with Crippen LogP contribution in [0.5, 0.6) is 0 Å². The number of aromatic nitrogens is 5. The molecule has 154 valence electrons. The maximum atomic E-state index is 13.5. The zero-order valence-electron chi connectivity index (χ0n) is 15.9. The van der Waals surface area contributed by atoms with Crippen LogP contribution in [0.25, 0.3) is 5.65 Å². The van der Waals surface area contributed by atoms with Crippen LogP contribution in [0.4, 0.5) is 13.2 Å². The van der Waals surface area contributed by atoms with Gasteiger partial charge < -0.3 is 4.90 Å². The second-order valence-corrected chi connectivity index (χ2v) is 7.09. The Morgan fingerprint density at radius 3 is 2.83 bits per heavy atom. The summed E-state index contributed by atoms with van der Waals surface area (Å²) in [5.41, 5.74) is 0.110. The smallest absolute Gasteiger partial charge is 0.334 e. The molecule has 1 aliphatic rings. The first-order valence-electron chi connectivity index (χ1n) is 9.60. The highest BCUT2D eigenvalue weighted by Gasteiger charge is 2.37. The quantitative estimate of drug-likeness (QED) is 0.652. The predicted molar refractivity (Wildman–Crippen MR) is 97.9 cm³/mol. The number of fused-ring (bicyclic) bond motifs is 1. The van der Waals surface area contributed by atoms with Gasteiger partial charge in [-0.05, 0) is 31.4 Å². The van der Waals surface area contributed by atoms with E-state index in [-0.39, 0.29) is 24.0 Å². The average molecular weight is 406 g/mol. The molecule has 29 heavy (non-hydrogen) atoms. The van der Waals surface area contributed by atoms with E-state index in [2.05, 4.69) is 15.2 Å². The molecule has 10 heteroatoms. The minimum atomic E-state index is -4.54. The Labute approximate surface area is 165 Å². The number of likely N-dealkylation sites (tertiary alicyclic amines) is 1. The Balaban J connectivity index is 1.62. The lowest BCUT2D eigenvalue weighted by atomic mass is 10.1. The van der Waals surface area contributed by atoms with E-state index in [0.717, 1.165) is 17.0 Å². The van der Waals surface area contributed by atoms with Gasteiger partial charge in [-0.3, -0.25) is 9.48 Å². The fraction of sp³-hybridized carbons (Fsp3) is 0.474. The van der Waals surface area contributed by atoms with Gasteiger partial charge in [0.15, 0.2) is 5.65 Å². The molecule has 0 unspecified atom stereocenters. The summed E-state index contributed by atoms with van der Waals surface area (Å²) in [6.07, 6.45) is 1.01. The number of aryl methyl sites for hydroxylation is 2. The minimum Gasteiger partial charge on any atom is -0.334 e. The van der Waals surface area contributed by atoms with Gasteiger partial charge in [0.2, 0.25) is 5.91 Å².